The minimum atomic E-state index is 0.118. The molecule has 116 valence electrons. The molecule has 0 radical (unpaired) electrons. The van der Waals surface area contributed by atoms with Crippen LogP contribution in [-0.4, -0.2) is 29.9 Å². The van der Waals surface area contributed by atoms with E-state index in [2.05, 4.69) is 54.7 Å². The summed E-state index contributed by atoms with van der Waals surface area (Å²) in [6.07, 6.45) is 1.37. The fourth-order valence-corrected chi connectivity index (χ4v) is 5.56. The Labute approximate surface area is 150 Å². The van der Waals surface area contributed by atoms with Crippen LogP contribution in [0.15, 0.2) is 19.5 Å². The molecule has 2 atom stereocenters. The number of anilines is 1. The number of nitrogen functional groups attached to an aromatic ring is 1. The molecule has 1 aromatic carbocycles. The summed E-state index contributed by atoms with van der Waals surface area (Å²) in [5, 5.41) is 0. The van der Waals surface area contributed by atoms with Gasteiger partial charge in [-0.15, -0.1) is 0 Å². The van der Waals surface area contributed by atoms with Gasteiger partial charge in [-0.25, -0.2) is 0 Å². The minimum Gasteiger partial charge on any atom is -0.397 e. The molecule has 0 saturated carbocycles. The molecule has 1 unspecified atom stereocenters. The molecule has 1 aliphatic rings. The zero-order valence-electron chi connectivity index (χ0n) is 11.7. The molecule has 4 N–H and O–H groups in total. The molecule has 4 nitrogen and oxygen atoms in total. The maximum atomic E-state index is 12.3. The van der Waals surface area contributed by atoms with Crippen molar-refractivity contribution in [3.8, 4) is 0 Å². The lowest BCUT2D eigenvalue weighted by molar-refractivity contribution is -0.129. The van der Waals surface area contributed by atoms with Crippen LogP contribution in [0, 0.1) is 0 Å². The van der Waals surface area contributed by atoms with E-state index in [1.807, 2.05) is 11.0 Å². The molecule has 1 fully saturated rings. The van der Waals surface area contributed by atoms with E-state index in [0.717, 1.165) is 25.4 Å². The lowest BCUT2D eigenvalue weighted by atomic mass is 9.97. The van der Waals surface area contributed by atoms with Crippen LogP contribution in [0.1, 0.15) is 31.2 Å². The topological polar surface area (TPSA) is 72.3 Å². The molecule has 0 bridgehead atoms. The normalized spacial score (nSPS) is 20.1. The molecule has 0 aromatic heterocycles. The Morgan fingerprint density at radius 1 is 1.38 bits per heavy atom. The van der Waals surface area contributed by atoms with Gasteiger partial charge < -0.3 is 16.4 Å². The SMILES string of the molecule is CC[C@@H](CN)N1CC(c2c(Br)cc(Br)c(N)c2Br)CC1=O. The highest BCUT2D eigenvalue weighted by molar-refractivity contribution is 9.11. The Kier molecular flexibility index (Phi) is 5.73. The van der Waals surface area contributed by atoms with Gasteiger partial charge in [0.15, 0.2) is 0 Å². The highest BCUT2D eigenvalue weighted by atomic mass is 79.9. The van der Waals surface area contributed by atoms with Crippen molar-refractivity contribution in [3.05, 3.63) is 25.0 Å². The first-order valence-electron chi connectivity index (χ1n) is 6.83. The van der Waals surface area contributed by atoms with Crippen LogP contribution >= 0.6 is 47.8 Å². The Hall–Kier alpha value is -0.110. The van der Waals surface area contributed by atoms with Gasteiger partial charge >= 0.3 is 0 Å². The third-order valence-corrected chi connectivity index (χ3v) is 6.16. The van der Waals surface area contributed by atoms with E-state index < -0.39 is 0 Å². The molecule has 0 spiro atoms. The monoisotopic (exact) mass is 481 g/mol. The summed E-state index contributed by atoms with van der Waals surface area (Å²) in [5.74, 6) is 0.287. The van der Waals surface area contributed by atoms with Gasteiger partial charge in [-0.1, -0.05) is 22.9 Å². The number of hydrogen-bond donors (Lipinski definition) is 2. The number of halogens is 3. The summed E-state index contributed by atoms with van der Waals surface area (Å²) >= 11 is 10.6. The lowest BCUT2D eigenvalue weighted by Crippen LogP contribution is -2.41. The highest BCUT2D eigenvalue weighted by Gasteiger charge is 2.36. The first-order chi connectivity index (χ1) is 9.90. The van der Waals surface area contributed by atoms with E-state index in [9.17, 15) is 4.79 Å². The molecule has 7 heteroatoms. The van der Waals surface area contributed by atoms with Crippen LogP contribution in [0.5, 0.6) is 0 Å². The Bertz CT molecular complexity index is 561. The lowest BCUT2D eigenvalue weighted by Gasteiger charge is -2.26. The third-order valence-electron chi connectivity index (χ3n) is 3.99. The summed E-state index contributed by atoms with van der Waals surface area (Å²) in [6.45, 7) is 3.24. The number of benzene rings is 1. The Morgan fingerprint density at radius 2 is 2.05 bits per heavy atom. The van der Waals surface area contributed by atoms with Gasteiger partial charge in [0, 0.05) is 44.9 Å². The number of hydrogen-bond acceptors (Lipinski definition) is 3. The minimum absolute atomic E-state index is 0.118. The van der Waals surface area contributed by atoms with Crippen LogP contribution in [0.4, 0.5) is 5.69 Å². The van der Waals surface area contributed by atoms with Crippen LogP contribution in [-0.2, 0) is 4.79 Å². The van der Waals surface area contributed by atoms with E-state index in [1.54, 1.807) is 0 Å². The van der Waals surface area contributed by atoms with Gasteiger partial charge in [0.2, 0.25) is 5.91 Å². The number of amides is 1. The first-order valence-corrected chi connectivity index (χ1v) is 9.20. The zero-order valence-corrected chi connectivity index (χ0v) is 16.5. The predicted octanol–water partition coefficient (Wildman–Crippen LogP) is 3.61. The van der Waals surface area contributed by atoms with Gasteiger partial charge in [0.05, 0.1) is 5.69 Å². The van der Waals surface area contributed by atoms with Crippen molar-refractivity contribution in [1.82, 2.24) is 4.90 Å². The van der Waals surface area contributed by atoms with E-state index in [4.69, 9.17) is 11.5 Å². The zero-order chi connectivity index (χ0) is 15.7. The maximum Gasteiger partial charge on any atom is 0.223 e. The molecule has 0 aliphatic carbocycles. The van der Waals surface area contributed by atoms with Crippen molar-refractivity contribution in [1.29, 1.82) is 0 Å². The number of carbonyl (C=O) groups is 1. The number of carbonyl (C=O) groups excluding carboxylic acids is 1. The van der Waals surface area contributed by atoms with Gasteiger partial charge in [-0.3, -0.25) is 4.79 Å². The van der Waals surface area contributed by atoms with Crippen molar-refractivity contribution in [2.24, 2.45) is 5.73 Å². The number of rotatable bonds is 4. The van der Waals surface area contributed by atoms with E-state index in [-0.39, 0.29) is 17.9 Å². The van der Waals surface area contributed by atoms with Gasteiger partial charge in [-0.05, 0) is 49.9 Å². The van der Waals surface area contributed by atoms with Crippen molar-refractivity contribution in [3.63, 3.8) is 0 Å². The summed E-state index contributed by atoms with van der Waals surface area (Å²) in [4.78, 5) is 14.2. The first kappa shape index (κ1) is 17.2. The average molecular weight is 484 g/mol. The molecule has 1 aliphatic heterocycles. The van der Waals surface area contributed by atoms with E-state index in [1.165, 1.54) is 0 Å². The van der Waals surface area contributed by atoms with Gasteiger partial charge in [0.1, 0.15) is 0 Å². The quantitative estimate of drug-likeness (QED) is 0.642. The second-order valence-corrected chi connectivity index (χ2v) is 7.73. The van der Waals surface area contributed by atoms with Crippen molar-refractivity contribution in [2.75, 3.05) is 18.8 Å². The molecule has 21 heavy (non-hydrogen) atoms. The largest absolute Gasteiger partial charge is 0.397 e. The Morgan fingerprint density at radius 3 is 2.62 bits per heavy atom. The third kappa shape index (κ3) is 3.30. The highest BCUT2D eigenvalue weighted by Crippen LogP contribution is 2.43. The number of nitrogens with two attached hydrogens (primary N) is 2. The van der Waals surface area contributed by atoms with Crippen molar-refractivity contribution >= 4 is 59.4 Å². The molecule has 1 aromatic rings. The second kappa shape index (κ2) is 6.98. The van der Waals surface area contributed by atoms with Crippen molar-refractivity contribution < 1.29 is 4.79 Å². The predicted molar refractivity (Wildman–Crippen MR) is 96.2 cm³/mol. The smallest absolute Gasteiger partial charge is 0.223 e. The Balaban J connectivity index is 2.33. The molecule has 1 heterocycles. The van der Waals surface area contributed by atoms with Gasteiger partial charge in [0.25, 0.3) is 0 Å². The van der Waals surface area contributed by atoms with E-state index in [0.29, 0.717) is 25.2 Å². The number of likely N-dealkylation sites (tertiary alicyclic amines) is 1. The van der Waals surface area contributed by atoms with Crippen molar-refractivity contribution in [2.45, 2.75) is 31.7 Å². The van der Waals surface area contributed by atoms with Crippen LogP contribution in [0.2, 0.25) is 0 Å². The maximum absolute atomic E-state index is 12.3. The molecule has 1 amide bonds. The fourth-order valence-electron chi connectivity index (χ4n) is 2.79. The standard InChI is InChI=1S/C14H18Br3N3O/c1-2-8(5-18)20-6-7(3-11(20)21)12-9(15)4-10(16)14(19)13(12)17/h4,7-8H,2-3,5-6,18-19H2,1H3/t7?,8-/m0/s1. The van der Waals surface area contributed by atoms with E-state index >= 15 is 0 Å². The molecular formula is C14H18Br3N3O. The number of nitrogens with zero attached hydrogens (tertiary/aromatic N) is 1. The van der Waals surface area contributed by atoms with Crippen LogP contribution in [0.25, 0.3) is 0 Å². The van der Waals surface area contributed by atoms with Crippen LogP contribution < -0.4 is 11.5 Å². The fraction of sp³-hybridized carbons (Fsp3) is 0.500. The average Bonchev–Trinajstić information content (AvgIpc) is 2.80. The molecule has 1 saturated heterocycles. The summed E-state index contributed by atoms with van der Waals surface area (Å²) in [7, 11) is 0. The molecular weight excluding hydrogens is 466 g/mol. The summed E-state index contributed by atoms with van der Waals surface area (Å²) < 4.78 is 2.64. The summed E-state index contributed by atoms with van der Waals surface area (Å²) in [5.41, 5.74) is 13.6. The second-order valence-electron chi connectivity index (χ2n) is 5.23. The van der Waals surface area contributed by atoms with Crippen LogP contribution in [0.3, 0.4) is 0 Å². The summed E-state index contributed by atoms with van der Waals surface area (Å²) in [6, 6.07) is 2.05. The molecule has 2 rings (SSSR count). The van der Waals surface area contributed by atoms with Gasteiger partial charge in [-0.2, -0.15) is 0 Å².